The highest BCUT2D eigenvalue weighted by Gasteiger charge is 2.12. The van der Waals surface area contributed by atoms with Crippen LogP contribution in [0.4, 0.5) is 5.69 Å². The van der Waals surface area contributed by atoms with Crippen molar-refractivity contribution in [2.45, 2.75) is 25.8 Å². The summed E-state index contributed by atoms with van der Waals surface area (Å²) in [6.45, 7) is 1.98. The van der Waals surface area contributed by atoms with Crippen LogP contribution < -0.4 is 0 Å². The molecule has 20 heavy (non-hydrogen) atoms. The Morgan fingerprint density at radius 1 is 1.45 bits per heavy atom. The average Bonchev–Trinajstić information content (AvgIpc) is 2.94. The number of benzene rings is 1. The van der Waals surface area contributed by atoms with Crippen LogP contribution >= 0.6 is 0 Å². The summed E-state index contributed by atoms with van der Waals surface area (Å²) in [7, 11) is 0. The van der Waals surface area contributed by atoms with Gasteiger partial charge in [-0.15, -0.1) is 0 Å². The van der Waals surface area contributed by atoms with Crippen molar-refractivity contribution in [3.8, 4) is 17.5 Å². The quantitative estimate of drug-likeness (QED) is 0.615. The summed E-state index contributed by atoms with van der Waals surface area (Å²) < 4.78 is 1.67. The fourth-order valence-electron chi connectivity index (χ4n) is 1.85. The Morgan fingerprint density at radius 2 is 2.15 bits per heavy atom. The summed E-state index contributed by atoms with van der Waals surface area (Å²) in [6, 6.07) is 8.19. The zero-order chi connectivity index (χ0) is 14.5. The Kier molecular flexibility index (Phi) is 4.05. The molecule has 0 bridgehead atoms. The molecule has 1 heterocycles. The maximum atomic E-state index is 10.6. The van der Waals surface area contributed by atoms with E-state index in [9.17, 15) is 10.1 Å². The van der Waals surface area contributed by atoms with Gasteiger partial charge in [-0.2, -0.15) is 10.4 Å². The normalized spacial score (nSPS) is 11.8. The number of rotatable bonds is 5. The third-order valence-corrected chi connectivity index (χ3v) is 3.02. The van der Waals surface area contributed by atoms with Crippen molar-refractivity contribution >= 4 is 5.69 Å². The molecule has 0 fully saturated rings. The number of nitro groups is 1. The summed E-state index contributed by atoms with van der Waals surface area (Å²) in [4.78, 5) is 14.3. The molecule has 2 rings (SSSR count). The number of nitro benzene ring substituents is 1. The molecule has 0 saturated carbocycles. The molecule has 0 radical (unpaired) electrons. The van der Waals surface area contributed by atoms with Crippen LogP contribution in [-0.4, -0.2) is 19.7 Å². The monoisotopic (exact) mass is 271 g/mol. The van der Waals surface area contributed by atoms with E-state index in [1.54, 1.807) is 23.1 Å². The highest BCUT2D eigenvalue weighted by molar-refractivity contribution is 5.56. The van der Waals surface area contributed by atoms with E-state index in [-0.39, 0.29) is 11.7 Å². The maximum absolute atomic E-state index is 10.6. The first-order chi connectivity index (χ1) is 9.65. The minimum Gasteiger partial charge on any atom is -0.258 e. The van der Waals surface area contributed by atoms with Gasteiger partial charge in [-0.25, -0.2) is 9.67 Å². The lowest BCUT2D eigenvalue weighted by Gasteiger charge is -2.09. The third-order valence-electron chi connectivity index (χ3n) is 3.02. The molecule has 2 aromatic rings. The molecule has 0 saturated heterocycles. The van der Waals surface area contributed by atoms with Crippen molar-refractivity contribution < 1.29 is 4.92 Å². The summed E-state index contributed by atoms with van der Waals surface area (Å²) in [6.07, 6.45) is 2.75. The highest BCUT2D eigenvalue weighted by Crippen LogP contribution is 2.21. The zero-order valence-electron chi connectivity index (χ0n) is 10.9. The predicted octanol–water partition coefficient (Wildman–Crippen LogP) is 2.72. The molecule has 7 nitrogen and oxygen atoms in total. The van der Waals surface area contributed by atoms with Gasteiger partial charge in [0, 0.05) is 17.7 Å². The van der Waals surface area contributed by atoms with Crippen LogP contribution in [0.3, 0.4) is 0 Å². The summed E-state index contributed by atoms with van der Waals surface area (Å²) in [5.41, 5.74) is 0.741. The van der Waals surface area contributed by atoms with Gasteiger partial charge in [0.25, 0.3) is 5.69 Å². The van der Waals surface area contributed by atoms with E-state index in [4.69, 9.17) is 5.26 Å². The molecule has 0 aliphatic carbocycles. The van der Waals surface area contributed by atoms with E-state index >= 15 is 0 Å². The van der Waals surface area contributed by atoms with Crippen molar-refractivity contribution in [1.29, 1.82) is 5.26 Å². The molecule has 1 unspecified atom stereocenters. The number of non-ortho nitro benzene ring substituents is 1. The molecule has 0 amide bonds. The van der Waals surface area contributed by atoms with Gasteiger partial charge in [0.2, 0.25) is 0 Å². The lowest BCUT2D eigenvalue weighted by molar-refractivity contribution is -0.384. The molecule has 0 aliphatic rings. The zero-order valence-corrected chi connectivity index (χ0v) is 10.9. The maximum Gasteiger partial charge on any atom is 0.269 e. The van der Waals surface area contributed by atoms with Crippen molar-refractivity contribution in [2.24, 2.45) is 0 Å². The van der Waals surface area contributed by atoms with E-state index < -0.39 is 4.92 Å². The molecule has 102 valence electrons. The Labute approximate surface area is 115 Å². The highest BCUT2D eigenvalue weighted by atomic mass is 16.6. The van der Waals surface area contributed by atoms with Crippen molar-refractivity contribution in [2.75, 3.05) is 0 Å². The van der Waals surface area contributed by atoms with E-state index in [2.05, 4.69) is 16.2 Å². The largest absolute Gasteiger partial charge is 0.269 e. The van der Waals surface area contributed by atoms with Crippen molar-refractivity contribution in [3.05, 3.63) is 40.7 Å². The van der Waals surface area contributed by atoms with Gasteiger partial charge < -0.3 is 0 Å². The molecule has 0 aliphatic heterocycles. The first-order valence-corrected chi connectivity index (χ1v) is 6.18. The van der Waals surface area contributed by atoms with E-state index in [1.165, 1.54) is 12.1 Å². The Morgan fingerprint density at radius 3 is 2.70 bits per heavy atom. The standard InChI is InChI=1S/C13H13N5O2/c1-2-11(7-8-14)17-9-15-13(16-17)10-3-5-12(6-4-10)18(19)20/h3-6,9,11H,2,7H2,1H3. The summed E-state index contributed by atoms with van der Waals surface area (Å²) in [5, 5.41) is 23.7. The van der Waals surface area contributed by atoms with Crippen molar-refractivity contribution in [1.82, 2.24) is 14.8 Å². The lowest BCUT2D eigenvalue weighted by Crippen LogP contribution is -2.07. The van der Waals surface area contributed by atoms with Crippen LogP contribution in [-0.2, 0) is 0 Å². The fraction of sp³-hybridized carbons (Fsp3) is 0.308. The number of aromatic nitrogens is 3. The molecular formula is C13H13N5O2. The topological polar surface area (TPSA) is 97.6 Å². The second-order valence-electron chi connectivity index (χ2n) is 4.28. The van der Waals surface area contributed by atoms with E-state index in [0.29, 0.717) is 17.8 Å². The SMILES string of the molecule is CCC(CC#N)n1cnc(-c2ccc([N+](=O)[O-])cc2)n1. The predicted molar refractivity (Wildman–Crippen MR) is 71.7 cm³/mol. The average molecular weight is 271 g/mol. The van der Waals surface area contributed by atoms with Crippen LogP contribution in [0.15, 0.2) is 30.6 Å². The van der Waals surface area contributed by atoms with Crippen LogP contribution in [0.1, 0.15) is 25.8 Å². The minimum atomic E-state index is -0.449. The third kappa shape index (κ3) is 2.80. The lowest BCUT2D eigenvalue weighted by atomic mass is 10.2. The summed E-state index contributed by atoms with van der Waals surface area (Å²) in [5.74, 6) is 0.497. The molecule has 1 aromatic carbocycles. The van der Waals surface area contributed by atoms with Crippen LogP contribution in [0, 0.1) is 21.4 Å². The van der Waals surface area contributed by atoms with E-state index in [1.807, 2.05) is 6.92 Å². The second-order valence-corrected chi connectivity index (χ2v) is 4.28. The molecule has 0 N–H and O–H groups in total. The van der Waals surface area contributed by atoms with Gasteiger partial charge in [-0.05, 0) is 18.6 Å². The Balaban J connectivity index is 2.24. The van der Waals surface area contributed by atoms with Gasteiger partial charge in [-0.1, -0.05) is 6.92 Å². The van der Waals surface area contributed by atoms with Crippen LogP contribution in [0.5, 0.6) is 0 Å². The number of nitriles is 1. The smallest absolute Gasteiger partial charge is 0.258 e. The fourth-order valence-corrected chi connectivity index (χ4v) is 1.85. The second kappa shape index (κ2) is 5.93. The van der Waals surface area contributed by atoms with Crippen molar-refractivity contribution in [3.63, 3.8) is 0 Å². The summed E-state index contributed by atoms with van der Waals surface area (Å²) >= 11 is 0. The molecule has 7 heteroatoms. The number of hydrogen-bond acceptors (Lipinski definition) is 5. The molecular weight excluding hydrogens is 258 g/mol. The van der Waals surface area contributed by atoms with Gasteiger partial charge in [0.05, 0.1) is 23.5 Å². The Bertz CT molecular complexity index is 642. The minimum absolute atomic E-state index is 0.000650. The van der Waals surface area contributed by atoms with Gasteiger partial charge >= 0.3 is 0 Å². The first kappa shape index (κ1) is 13.7. The van der Waals surface area contributed by atoms with Crippen LogP contribution in [0.25, 0.3) is 11.4 Å². The van der Waals surface area contributed by atoms with E-state index in [0.717, 1.165) is 6.42 Å². The van der Waals surface area contributed by atoms with Gasteiger partial charge in [0.15, 0.2) is 5.82 Å². The van der Waals surface area contributed by atoms with Crippen LogP contribution in [0.2, 0.25) is 0 Å². The first-order valence-electron chi connectivity index (χ1n) is 6.18. The number of nitrogens with zero attached hydrogens (tertiary/aromatic N) is 5. The van der Waals surface area contributed by atoms with Gasteiger partial charge in [-0.3, -0.25) is 10.1 Å². The number of hydrogen-bond donors (Lipinski definition) is 0. The van der Waals surface area contributed by atoms with Gasteiger partial charge in [0.1, 0.15) is 6.33 Å². The Hall–Kier alpha value is -2.75. The molecule has 1 aromatic heterocycles. The molecule has 1 atom stereocenters. The molecule has 0 spiro atoms.